The van der Waals surface area contributed by atoms with E-state index in [1.54, 1.807) is 0 Å². The van der Waals surface area contributed by atoms with Crippen LogP contribution in [0.4, 0.5) is 14.6 Å². The van der Waals surface area contributed by atoms with Crippen molar-refractivity contribution in [2.75, 3.05) is 4.72 Å². The smallest absolute Gasteiger partial charge is 0.262 e. The quantitative estimate of drug-likeness (QED) is 0.874. The van der Waals surface area contributed by atoms with Gasteiger partial charge in [0.05, 0.1) is 0 Å². The molecule has 2 rings (SSSR count). The molecule has 0 aliphatic rings. The zero-order chi connectivity index (χ0) is 14.0. The maximum absolute atomic E-state index is 13.7. The van der Waals surface area contributed by atoms with Crippen molar-refractivity contribution in [3.8, 4) is 0 Å². The Balaban J connectivity index is 2.41. The number of aryl methyl sites for hydroxylation is 1. The van der Waals surface area contributed by atoms with Crippen LogP contribution in [0.3, 0.4) is 0 Å². The summed E-state index contributed by atoms with van der Waals surface area (Å²) < 4.78 is 52.3. The van der Waals surface area contributed by atoms with Crippen molar-refractivity contribution < 1.29 is 17.2 Å². The van der Waals surface area contributed by atoms with Crippen LogP contribution in [0.25, 0.3) is 0 Å². The third-order valence-electron chi connectivity index (χ3n) is 2.26. The van der Waals surface area contributed by atoms with Crippen molar-refractivity contribution >= 4 is 15.8 Å². The number of anilines is 1. The number of sulfonamides is 1. The lowest BCUT2D eigenvalue weighted by Gasteiger charge is -2.08. The van der Waals surface area contributed by atoms with Gasteiger partial charge in [0.15, 0.2) is 5.82 Å². The molecule has 8 heteroatoms. The minimum Gasteiger partial charge on any atom is -0.262 e. The van der Waals surface area contributed by atoms with Gasteiger partial charge in [-0.25, -0.2) is 14.4 Å². The second-order valence-electron chi connectivity index (χ2n) is 3.70. The molecule has 0 bridgehead atoms. The largest absolute Gasteiger partial charge is 0.283 e. The molecule has 5 nitrogen and oxygen atoms in total. The summed E-state index contributed by atoms with van der Waals surface area (Å²) in [5.74, 6) is -2.05. The summed E-state index contributed by atoms with van der Waals surface area (Å²) in [6.45, 7) is 1.41. The van der Waals surface area contributed by atoms with Gasteiger partial charge in [0.2, 0.25) is 11.0 Å². The van der Waals surface area contributed by atoms with Crippen molar-refractivity contribution in [1.82, 2.24) is 9.97 Å². The van der Waals surface area contributed by atoms with Crippen LogP contribution in [0.2, 0.25) is 0 Å². The first-order valence-corrected chi connectivity index (χ1v) is 6.65. The van der Waals surface area contributed by atoms with E-state index in [1.807, 2.05) is 4.72 Å². The Kier molecular flexibility index (Phi) is 3.43. The van der Waals surface area contributed by atoms with Crippen LogP contribution >= 0.6 is 0 Å². The predicted octanol–water partition coefficient (Wildman–Crippen LogP) is 1.86. The van der Waals surface area contributed by atoms with Crippen molar-refractivity contribution in [2.24, 2.45) is 0 Å². The molecule has 0 atom stereocenters. The molecule has 0 aliphatic heterocycles. The van der Waals surface area contributed by atoms with Gasteiger partial charge >= 0.3 is 0 Å². The molecule has 2 heterocycles. The highest BCUT2D eigenvalue weighted by Crippen LogP contribution is 2.17. The lowest BCUT2D eigenvalue weighted by Crippen LogP contribution is -2.17. The maximum Gasteiger partial charge on any atom is 0.283 e. The van der Waals surface area contributed by atoms with Crippen molar-refractivity contribution in [1.29, 1.82) is 0 Å². The van der Waals surface area contributed by atoms with E-state index in [4.69, 9.17) is 0 Å². The predicted molar refractivity (Wildman–Crippen MR) is 63.9 cm³/mol. The molecule has 0 spiro atoms. The molecule has 0 aliphatic carbocycles. The highest BCUT2D eigenvalue weighted by atomic mass is 32.2. The topological polar surface area (TPSA) is 72.0 Å². The first-order chi connectivity index (χ1) is 8.90. The number of rotatable bonds is 3. The van der Waals surface area contributed by atoms with Crippen LogP contribution in [0, 0.1) is 18.7 Å². The number of pyridine rings is 2. The molecule has 0 saturated carbocycles. The third kappa shape index (κ3) is 2.84. The summed E-state index contributed by atoms with van der Waals surface area (Å²) in [5, 5.41) is -0.751. The second kappa shape index (κ2) is 4.88. The molecule has 0 unspecified atom stereocenters. The Hall–Kier alpha value is -2.09. The third-order valence-corrected chi connectivity index (χ3v) is 3.53. The van der Waals surface area contributed by atoms with E-state index in [0.717, 1.165) is 6.07 Å². The molecule has 0 fully saturated rings. The van der Waals surface area contributed by atoms with Crippen molar-refractivity contribution in [3.63, 3.8) is 0 Å². The van der Waals surface area contributed by atoms with Gasteiger partial charge in [0.25, 0.3) is 10.0 Å². The Labute approximate surface area is 108 Å². The van der Waals surface area contributed by atoms with E-state index < -0.39 is 26.8 Å². The number of nitrogens with one attached hydrogen (secondary N) is 1. The normalized spacial score (nSPS) is 11.3. The molecule has 0 aromatic carbocycles. The molecule has 2 aromatic rings. The van der Waals surface area contributed by atoms with Crippen LogP contribution in [0.1, 0.15) is 5.56 Å². The SMILES string of the molecule is Cc1ccnc(S(=O)(=O)Nc2cccc(F)n2)c1F. The second-order valence-corrected chi connectivity index (χ2v) is 5.30. The summed E-state index contributed by atoms with van der Waals surface area (Å²) >= 11 is 0. The zero-order valence-electron chi connectivity index (χ0n) is 9.76. The Bertz CT molecular complexity index is 720. The number of hydrogen-bond donors (Lipinski definition) is 1. The average molecular weight is 285 g/mol. The van der Waals surface area contributed by atoms with Crippen LogP contribution in [0.15, 0.2) is 35.5 Å². The zero-order valence-corrected chi connectivity index (χ0v) is 10.6. The number of halogens is 2. The van der Waals surface area contributed by atoms with Crippen LogP contribution in [-0.2, 0) is 10.0 Å². The minimum absolute atomic E-state index is 0.141. The fourth-order valence-corrected chi connectivity index (χ4v) is 2.44. The molecule has 1 N–H and O–H groups in total. The Morgan fingerprint density at radius 2 is 1.95 bits per heavy atom. The average Bonchev–Trinajstić information content (AvgIpc) is 2.32. The summed E-state index contributed by atoms with van der Waals surface area (Å²) in [6.07, 6.45) is 1.17. The van der Waals surface area contributed by atoms with E-state index >= 15 is 0 Å². The highest BCUT2D eigenvalue weighted by molar-refractivity contribution is 7.92. The van der Waals surface area contributed by atoms with Gasteiger partial charge in [-0.3, -0.25) is 4.72 Å². The van der Waals surface area contributed by atoms with Crippen molar-refractivity contribution in [2.45, 2.75) is 11.9 Å². The van der Waals surface area contributed by atoms with Gasteiger partial charge in [0, 0.05) is 6.20 Å². The summed E-state index contributed by atoms with van der Waals surface area (Å²) in [5.41, 5.74) is 0.141. The summed E-state index contributed by atoms with van der Waals surface area (Å²) in [7, 11) is -4.25. The van der Waals surface area contributed by atoms with Gasteiger partial charge in [0.1, 0.15) is 5.82 Å². The summed E-state index contributed by atoms with van der Waals surface area (Å²) in [4.78, 5) is 6.81. The number of hydrogen-bond acceptors (Lipinski definition) is 4. The summed E-state index contributed by atoms with van der Waals surface area (Å²) in [6, 6.07) is 4.92. The Morgan fingerprint density at radius 3 is 2.63 bits per heavy atom. The highest BCUT2D eigenvalue weighted by Gasteiger charge is 2.22. The van der Waals surface area contributed by atoms with Crippen LogP contribution in [-0.4, -0.2) is 18.4 Å². The molecule has 0 saturated heterocycles. The van der Waals surface area contributed by atoms with E-state index in [0.29, 0.717) is 0 Å². The molecule has 0 amide bonds. The molecular weight excluding hydrogens is 276 g/mol. The van der Waals surface area contributed by atoms with Crippen molar-refractivity contribution in [3.05, 3.63) is 47.8 Å². The van der Waals surface area contributed by atoms with Gasteiger partial charge in [-0.15, -0.1) is 0 Å². The minimum atomic E-state index is -4.25. The standard InChI is InChI=1S/C11H9F2N3O2S/c1-7-5-6-14-11(10(7)13)19(17,18)16-9-4-2-3-8(12)15-9/h2-6H,1H3,(H,15,16). The molecule has 100 valence electrons. The lowest BCUT2D eigenvalue weighted by atomic mass is 10.3. The monoisotopic (exact) mass is 285 g/mol. The van der Waals surface area contributed by atoms with E-state index in [2.05, 4.69) is 9.97 Å². The fraction of sp³-hybridized carbons (Fsp3) is 0.0909. The van der Waals surface area contributed by atoms with Gasteiger partial charge in [-0.05, 0) is 30.7 Å². The van der Waals surface area contributed by atoms with Crippen LogP contribution in [0.5, 0.6) is 0 Å². The molecule has 2 aromatic heterocycles. The lowest BCUT2D eigenvalue weighted by molar-refractivity contribution is 0.550. The maximum atomic E-state index is 13.7. The molecular formula is C11H9F2N3O2S. The van der Waals surface area contributed by atoms with Crippen LogP contribution < -0.4 is 4.72 Å². The van der Waals surface area contributed by atoms with Gasteiger partial charge < -0.3 is 0 Å². The molecule has 19 heavy (non-hydrogen) atoms. The Morgan fingerprint density at radius 1 is 1.21 bits per heavy atom. The number of aromatic nitrogens is 2. The first kappa shape index (κ1) is 13.3. The fourth-order valence-electron chi connectivity index (χ4n) is 1.35. The van der Waals surface area contributed by atoms with E-state index in [9.17, 15) is 17.2 Å². The first-order valence-electron chi connectivity index (χ1n) is 5.16. The number of nitrogens with zero attached hydrogens (tertiary/aromatic N) is 2. The molecule has 0 radical (unpaired) electrons. The van der Waals surface area contributed by atoms with E-state index in [1.165, 1.54) is 31.3 Å². The van der Waals surface area contributed by atoms with Gasteiger partial charge in [-0.2, -0.15) is 12.8 Å². The van der Waals surface area contributed by atoms with Gasteiger partial charge in [-0.1, -0.05) is 6.07 Å². The van der Waals surface area contributed by atoms with E-state index in [-0.39, 0.29) is 11.4 Å².